The number of Topliss-reactive ketones (excluding diaryl/α,β-unsaturated/α-hetero) is 1. The van der Waals surface area contributed by atoms with Crippen molar-refractivity contribution in [2.45, 2.75) is 49.8 Å². The van der Waals surface area contributed by atoms with E-state index in [9.17, 15) is 14.4 Å². The van der Waals surface area contributed by atoms with Crippen molar-refractivity contribution in [1.82, 2.24) is 9.80 Å². The largest absolute Gasteiger partial charge is 0.383 e. The van der Waals surface area contributed by atoms with E-state index in [2.05, 4.69) is 19.8 Å². The Labute approximate surface area is 228 Å². The minimum absolute atomic E-state index is 0.0196. The molecule has 0 radical (unpaired) electrons. The van der Waals surface area contributed by atoms with Crippen molar-refractivity contribution in [2.75, 3.05) is 64.5 Å². The average Bonchev–Trinajstić information content (AvgIpc) is 3.68. The Morgan fingerprint density at radius 3 is 2.64 bits per heavy atom. The molecule has 4 atom stereocenters. The van der Waals surface area contributed by atoms with Crippen LogP contribution in [-0.2, 0) is 19.1 Å². The first-order valence-electron chi connectivity index (χ1n) is 13.8. The van der Waals surface area contributed by atoms with Gasteiger partial charge >= 0.3 is 0 Å². The van der Waals surface area contributed by atoms with Crippen LogP contribution in [0.1, 0.15) is 47.5 Å². The van der Waals surface area contributed by atoms with E-state index >= 15 is 0 Å². The van der Waals surface area contributed by atoms with Gasteiger partial charge in [0.05, 0.1) is 24.7 Å². The molecule has 0 aromatic heterocycles. The van der Waals surface area contributed by atoms with Gasteiger partial charge in [0, 0.05) is 62.5 Å². The molecule has 0 bridgehead atoms. The molecule has 3 heterocycles. The third-order valence-electron chi connectivity index (χ3n) is 8.76. The first-order valence-corrected chi connectivity index (χ1v) is 13.8. The summed E-state index contributed by atoms with van der Waals surface area (Å²) in [6, 6.07) is 4.19. The number of rotatable bonds is 9. The molecule has 1 aromatic carbocycles. The van der Waals surface area contributed by atoms with Gasteiger partial charge in [-0.25, -0.2) is 0 Å². The standard InChI is InChI=1S/C27H37N7O5/c1-38-13-12-32-8-10-33(11-9-32)18-6-7-19(26(28)36)20(14-18)23(17-4-2-3-5-17)27(37)34-15-21(30-31-29)25-24(34)22(35)16-39-25/h6-7,14,17,21,23-25H,2-5,8-13,15-16H2,1H3,(H2,28,36)/t21-,23+,24-,25-/m1/s1. The Balaban J connectivity index is 1.48. The Hall–Kier alpha value is -3.18. The van der Waals surface area contributed by atoms with E-state index in [1.54, 1.807) is 13.2 Å². The van der Waals surface area contributed by atoms with Crippen LogP contribution in [0.2, 0.25) is 0 Å². The zero-order valence-corrected chi connectivity index (χ0v) is 22.4. The third kappa shape index (κ3) is 5.47. The molecular weight excluding hydrogens is 502 g/mol. The highest BCUT2D eigenvalue weighted by Crippen LogP contribution is 2.43. The molecular formula is C27H37N7O5. The summed E-state index contributed by atoms with van der Waals surface area (Å²) in [5.74, 6) is -1.61. The van der Waals surface area contributed by atoms with E-state index in [1.165, 1.54) is 4.90 Å². The van der Waals surface area contributed by atoms with Crippen LogP contribution in [0.5, 0.6) is 0 Å². The molecule has 12 nitrogen and oxygen atoms in total. The number of amides is 2. The van der Waals surface area contributed by atoms with Gasteiger partial charge in [-0.2, -0.15) is 0 Å². The highest BCUT2D eigenvalue weighted by Gasteiger charge is 2.53. The lowest BCUT2D eigenvalue weighted by Crippen LogP contribution is -2.47. The summed E-state index contributed by atoms with van der Waals surface area (Å²) in [5, 5.41) is 3.83. The van der Waals surface area contributed by atoms with Crippen molar-refractivity contribution >= 4 is 23.3 Å². The number of azide groups is 1. The molecule has 3 aliphatic heterocycles. The number of nitrogens with two attached hydrogens (primary N) is 1. The quantitative estimate of drug-likeness (QED) is 0.284. The van der Waals surface area contributed by atoms with E-state index < -0.39 is 30.0 Å². The zero-order valence-electron chi connectivity index (χ0n) is 22.4. The summed E-state index contributed by atoms with van der Waals surface area (Å²) in [4.78, 5) is 48.9. The summed E-state index contributed by atoms with van der Waals surface area (Å²) in [5.41, 5.74) is 16.8. The minimum atomic E-state index is -0.780. The number of carbonyl (C=O) groups excluding carboxylic acids is 3. The number of carbonyl (C=O) groups is 3. The van der Waals surface area contributed by atoms with Crippen molar-refractivity contribution in [3.63, 3.8) is 0 Å². The van der Waals surface area contributed by atoms with Gasteiger partial charge in [0.1, 0.15) is 12.6 Å². The second-order valence-corrected chi connectivity index (χ2v) is 10.9. The lowest BCUT2D eigenvalue weighted by molar-refractivity contribution is -0.138. The molecule has 4 fully saturated rings. The monoisotopic (exact) mass is 539 g/mol. The van der Waals surface area contributed by atoms with Crippen molar-refractivity contribution in [3.05, 3.63) is 39.8 Å². The molecule has 0 unspecified atom stereocenters. The van der Waals surface area contributed by atoms with Crippen LogP contribution in [0.3, 0.4) is 0 Å². The SMILES string of the molecule is COCCN1CCN(c2ccc(C(N)=O)c([C@@H](C(=O)N3C[C@@H](N=[N+]=[N-])[C@H]4OCC(=O)[C@H]43)C3CCCC3)c2)CC1. The van der Waals surface area contributed by atoms with Crippen LogP contribution < -0.4 is 10.6 Å². The fraction of sp³-hybridized carbons (Fsp3) is 0.667. The van der Waals surface area contributed by atoms with Gasteiger partial charge in [0.25, 0.3) is 0 Å². The lowest BCUT2D eigenvalue weighted by Gasteiger charge is -2.37. The van der Waals surface area contributed by atoms with Crippen molar-refractivity contribution < 1.29 is 23.9 Å². The fourth-order valence-corrected chi connectivity index (χ4v) is 6.76. The van der Waals surface area contributed by atoms with Crippen LogP contribution in [0, 0.1) is 5.92 Å². The molecule has 3 saturated heterocycles. The number of anilines is 1. The van der Waals surface area contributed by atoms with E-state index in [0.717, 1.165) is 64.1 Å². The summed E-state index contributed by atoms with van der Waals surface area (Å²) in [6.07, 6.45) is 3.06. The zero-order chi connectivity index (χ0) is 27.5. The maximum atomic E-state index is 14.4. The molecule has 12 heteroatoms. The van der Waals surface area contributed by atoms with Crippen LogP contribution in [0.4, 0.5) is 5.69 Å². The predicted molar refractivity (Wildman–Crippen MR) is 143 cm³/mol. The van der Waals surface area contributed by atoms with Crippen molar-refractivity contribution in [3.8, 4) is 0 Å². The van der Waals surface area contributed by atoms with Crippen molar-refractivity contribution in [2.24, 2.45) is 16.8 Å². The second-order valence-electron chi connectivity index (χ2n) is 10.9. The van der Waals surface area contributed by atoms with Crippen LogP contribution in [0.15, 0.2) is 23.3 Å². The Morgan fingerprint density at radius 1 is 1.23 bits per heavy atom. The molecule has 2 N–H and O–H groups in total. The van der Waals surface area contributed by atoms with Crippen LogP contribution >= 0.6 is 0 Å². The number of primary amides is 1. The minimum Gasteiger partial charge on any atom is -0.383 e. The molecule has 1 saturated carbocycles. The first kappa shape index (κ1) is 27.4. The van der Waals surface area contributed by atoms with Crippen LogP contribution in [-0.4, -0.2) is 105 Å². The van der Waals surface area contributed by atoms with Crippen molar-refractivity contribution in [1.29, 1.82) is 0 Å². The van der Waals surface area contributed by atoms with Gasteiger partial charge in [-0.1, -0.05) is 18.0 Å². The number of benzene rings is 1. The predicted octanol–water partition coefficient (Wildman–Crippen LogP) is 1.69. The number of hydrogen-bond donors (Lipinski definition) is 1. The Bertz CT molecular complexity index is 1140. The smallest absolute Gasteiger partial charge is 0.249 e. The number of fused-ring (bicyclic) bond motifs is 1. The maximum Gasteiger partial charge on any atom is 0.249 e. The number of ketones is 1. The fourth-order valence-electron chi connectivity index (χ4n) is 6.76. The first-order chi connectivity index (χ1) is 18.9. The van der Waals surface area contributed by atoms with E-state index in [-0.39, 0.29) is 30.8 Å². The maximum absolute atomic E-state index is 14.4. The Morgan fingerprint density at radius 2 is 1.97 bits per heavy atom. The van der Waals surface area contributed by atoms with Gasteiger partial charge < -0.3 is 25.0 Å². The van der Waals surface area contributed by atoms with Gasteiger partial charge in [-0.15, -0.1) is 0 Å². The lowest BCUT2D eigenvalue weighted by atomic mass is 9.80. The number of hydrogen-bond acceptors (Lipinski definition) is 8. The van der Waals surface area contributed by atoms with Gasteiger partial charge in [-0.05, 0) is 48.1 Å². The number of methoxy groups -OCH3 is 1. The van der Waals surface area contributed by atoms with E-state index in [1.807, 2.05) is 12.1 Å². The molecule has 210 valence electrons. The van der Waals surface area contributed by atoms with Gasteiger partial charge in [0.2, 0.25) is 11.8 Å². The second kappa shape index (κ2) is 11.9. The van der Waals surface area contributed by atoms with Crippen LogP contribution in [0.25, 0.3) is 10.4 Å². The number of ether oxygens (including phenoxy) is 2. The van der Waals surface area contributed by atoms with Gasteiger partial charge in [0.15, 0.2) is 5.78 Å². The molecule has 4 aliphatic rings. The Kier molecular flexibility index (Phi) is 8.37. The number of piperazine rings is 1. The number of nitrogens with zero attached hydrogens (tertiary/aromatic N) is 6. The van der Waals surface area contributed by atoms with E-state index in [4.69, 9.17) is 20.7 Å². The molecule has 2 amide bonds. The molecule has 5 rings (SSSR count). The molecule has 39 heavy (non-hydrogen) atoms. The summed E-state index contributed by atoms with van der Waals surface area (Å²) in [7, 11) is 1.70. The highest BCUT2D eigenvalue weighted by atomic mass is 16.5. The van der Waals surface area contributed by atoms with Gasteiger partial charge in [-0.3, -0.25) is 19.3 Å². The molecule has 0 spiro atoms. The summed E-state index contributed by atoms with van der Waals surface area (Å²) < 4.78 is 10.9. The molecule has 1 aliphatic carbocycles. The summed E-state index contributed by atoms with van der Waals surface area (Å²) in [6.45, 7) is 4.99. The third-order valence-corrected chi connectivity index (χ3v) is 8.76. The summed E-state index contributed by atoms with van der Waals surface area (Å²) >= 11 is 0. The number of likely N-dealkylation sites (tertiary alicyclic amines) is 1. The highest BCUT2D eigenvalue weighted by molar-refractivity contribution is 5.99. The molecule has 1 aromatic rings. The average molecular weight is 540 g/mol. The van der Waals surface area contributed by atoms with E-state index in [0.29, 0.717) is 17.7 Å². The topological polar surface area (TPSA) is 154 Å². The normalized spacial score (nSPS) is 26.5.